The first kappa shape index (κ1) is 12.0. The molecule has 1 aliphatic rings. The van der Waals surface area contributed by atoms with Crippen LogP contribution in [0.1, 0.15) is 27.7 Å². The molecule has 1 amide bonds. The highest BCUT2D eigenvalue weighted by atomic mass is 16.7. The minimum absolute atomic E-state index is 0.00417. The van der Waals surface area contributed by atoms with E-state index in [1.807, 2.05) is 27.7 Å². The van der Waals surface area contributed by atoms with Crippen LogP contribution in [0.5, 0.6) is 0 Å². The summed E-state index contributed by atoms with van der Waals surface area (Å²) in [5, 5.41) is 0. The zero-order chi connectivity index (χ0) is 11.5. The zero-order valence-corrected chi connectivity index (χ0v) is 9.87. The smallest absolute Gasteiger partial charge is 0.255 e. The summed E-state index contributed by atoms with van der Waals surface area (Å²) in [5.41, 5.74) is 0.582. The summed E-state index contributed by atoms with van der Waals surface area (Å²) >= 11 is 0. The van der Waals surface area contributed by atoms with Crippen LogP contribution in [0.25, 0.3) is 0 Å². The van der Waals surface area contributed by atoms with E-state index in [4.69, 9.17) is 9.47 Å². The minimum atomic E-state index is -0.618. The van der Waals surface area contributed by atoms with Crippen molar-refractivity contribution < 1.29 is 14.3 Å². The molecule has 1 heterocycles. The Kier molecular flexibility index (Phi) is 3.74. The summed E-state index contributed by atoms with van der Waals surface area (Å²) in [6.07, 6.45) is 1.52. The third-order valence-corrected chi connectivity index (χ3v) is 2.39. The Bertz CT molecular complexity index is 267. The normalized spacial score (nSPS) is 19.1. The van der Waals surface area contributed by atoms with Crippen molar-refractivity contribution in [3.63, 3.8) is 0 Å². The Hall–Kier alpha value is -1.03. The van der Waals surface area contributed by atoms with Crippen molar-refractivity contribution in [1.82, 2.24) is 4.90 Å². The van der Waals surface area contributed by atoms with Crippen LogP contribution in [0, 0.1) is 0 Å². The maximum atomic E-state index is 11.9. The van der Waals surface area contributed by atoms with E-state index in [-0.39, 0.29) is 5.91 Å². The third-order valence-electron chi connectivity index (χ3n) is 2.39. The fraction of sp³-hybridized carbons (Fsp3) is 0.727. The van der Waals surface area contributed by atoms with Crippen molar-refractivity contribution in [2.24, 2.45) is 0 Å². The molecule has 0 aromatic rings. The van der Waals surface area contributed by atoms with Gasteiger partial charge in [-0.05, 0) is 13.8 Å². The molecule has 0 unspecified atom stereocenters. The molecule has 4 nitrogen and oxygen atoms in total. The Balaban J connectivity index is 2.66. The molecule has 0 saturated heterocycles. The van der Waals surface area contributed by atoms with Gasteiger partial charge in [0.15, 0.2) is 0 Å². The van der Waals surface area contributed by atoms with Gasteiger partial charge in [-0.25, -0.2) is 0 Å². The number of rotatable bonds is 3. The first-order valence-corrected chi connectivity index (χ1v) is 5.30. The van der Waals surface area contributed by atoms with E-state index in [0.717, 1.165) is 0 Å². The molecule has 0 N–H and O–H groups in total. The van der Waals surface area contributed by atoms with E-state index < -0.39 is 5.79 Å². The predicted octanol–water partition coefficient (Wildman–Crippen LogP) is 1.52. The highest BCUT2D eigenvalue weighted by molar-refractivity contribution is 5.93. The first-order chi connectivity index (χ1) is 7.00. The maximum Gasteiger partial charge on any atom is 0.255 e. The lowest BCUT2D eigenvalue weighted by Gasteiger charge is -2.31. The molecular weight excluding hydrogens is 194 g/mol. The molecule has 1 aliphatic heterocycles. The summed E-state index contributed by atoms with van der Waals surface area (Å²) in [5.74, 6) is -0.622. The van der Waals surface area contributed by atoms with Gasteiger partial charge in [-0.15, -0.1) is 0 Å². The van der Waals surface area contributed by atoms with Crippen LogP contribution >= 0.6 is 0 Å². The summed E-state index contributed by atoms with van der Waals surface area (Å²) in [4.78, 5) is 13.6. The average molecular weight is 213 g/mol. The lowest BCUT2D eigenvalue weighted by atomic mass is 10.2. The molecule has 0 fully saturated rings. The van der Waals surface area contributed by atoms with Gasteiger partial charge in [0.1, 0.15) is 0 Å². The molecule has 0 atom stereocenters. The quantitative estimate of drug-likeness (QED) is 0.713. The van der Waals surface area contributed by atoms with Gasteiger partial charge in [-0.3, -0.25) is 4.79 Å². The van der Waals surface area contributed by atoms with Gasteiger partial charge in [0.25, 0.3) is 5.91 Å². The van der Waals surface area contributed by atoms with E-state index in [1.165, 1.54) is 6.26 Å². The van der Waals surface area contributed by atoms with E-state index in [2.05, 4.69) is 0 Å². The SMILES string of the molecule is CCN(CC)C(=O)C1=COC(C)(C)OC1. The van der Waals surface area contributed by atoms with Crippen molar-refractivity contribution in [2.45, 2.75) is 33.5 Å². The van der Waals surface area contributed by atoms with Crippen molar-refractivity contribution in [2.75, 3.05) is 19.7 Å². The van der Waals surface area contributed by atoms with Crippen LogP contribution in [-0.4, -0.2) is 36.3 Å². The molecule has 0 aromatic heterocycles. The van der Waals surface area contributed by atoms with Gasteiger partial charge in [-0.1, -0.05) is 0 Å². The number of hydrogen-bond donors (Lipinski definition) is 0. The molecular formula is C11H19NO3. The predicted molar refractivity (Wildman–Crippen MR) is 57.1 cm³/mol. The van der Waals surface area contributed by atoms with E-state index in [1.54, 1.807) is 4.90 Å². The molecule has 0 spiro atoms. The van der Waals surface area contributed by atoms with Crippen LogP contribution in [0.4, 0.5) is 0 Å². The highest BCUT2D eigenvalue weighted by Gasteiger charge is 2.27. The molecule has 1 rings (SSSR count). The largest absolute Gasteiger partial charge is 0.470 e. The number of carbonyl (C=O) groups is 1. The van der Waals surface area contributed by atoms with Crippen LogP contribution in [0.15, 0.2) is 11.8 Å². The molecule has 0 saturated carbocycles. The summed E-state index contributed by atoms with van der Waals surface area (Å²) in [6, 6.07) is 0. The lowest BCUT2D eigenvalue weighted by molar-refractivity contribution is -0.190. The zero-order valence-electron chi connectivity index (χ0n) is 9.87. The molecule has 4 heteroatoms. The summed E-state index contributed by atoms with van der Waals surface area (Å²) in [7, 11) is 0. The van der Waals surface area contributed by atoms with Gasteiger partial charge in [0.05, 0.1) is 18.4 Å². The molecule has 0 aromatic carbocycles. The summed E-state index contributed by atoms with van der Waals surface area (Å²) < 4.78 is 10.7. The van der Waals surface area contributed by atoms with Gasteiger partial charge in [0, 0.05) is 26.9 Å². The fourth-order valence-corrected chi connectivity index (χ4v) is 1.36. The lowest BCUT2D eigenvalue weighted by Crippen LogP contribution is -2.38. The Morgan fingerprint density at radius 2 is 2.07 bits per heavy atom. The Labute approximate surface area is 90.8 Å². The van der Waals surface area contributed by atoms with Crippen LogP contribution in [-0.2, 0) is 14.3 Å². The van der Waals surface area contributed by atoms with Gasteiger partial charge in [0.2, 0.25) is 5.79 Å². The monoisotopic (exact) mass is 213 g/mol. The molecule has 0 aliphatic carbocycles. The number of hydrogen-bond acceptors (Lipinski definition) is 3. The van der Waals surface area contributed by atoms with Crippen LogP contribution in [0.2, 0.25) is 0 Å². The van der Waals surface area contributed by atoms with E-state index >= 15 is 0 Å². The van der Waals surface area contributed by atoms with Crippen molar-refractivity contribution in [3.8, 4) is 0 Å². The molecule has 0 bridgehead atoms. The van der Waals surface area contributed by atoms with Gasteiger partial charge >= 0.3 is 0 Å². The van der Waals surface area contributed by atoms with E-state index in [0.29, 0.717) is 25.3 Å². The standard InChI is InChI=1S/C11H19NO3/c1-5-12(6-2)10(13)9-7-14-11(3,4)15-8-9/h7H,5-6,8H2,1-4H3. The Morgan fingerprint density at radius 3 is 2.47 bits per heavy atom. The number of carbonyl (C=O) groups excluding carboxylic acids is 1. The van der Waals surface area contributed by atoms with Crippen LogP contribution < -0.4 is 0 Å². The second-order valence-corrected chi connectivity index (χ2v) is 3.93. The third kappa shape index (κ3) is 2.96. The van der Waals surface area contributed by atoms with Crippen LogP contribution in [0.3, 0.4) is 0 Å². The number of likely N-dealkylation sites (N-methyl/N-ethyl adjacent to an activating group) is 1. The molecule has 15 heavy (non-hydrogen) atoms. The second kappa shape index (κ2) is 4.66. The van der Waals surface area contributed by atoms with Crippen molar-refractivity contribution in [1.29, 1.82) is 0 Å². The minimum Gasteiger partial charge on any atom is -0.470 e. The number of amides is 1. The van der Waals surface area contributed by atoms with Crippen molar-refractivity contribution in [3.05, 3.63) is 11.8 Å². The second-order valence-electron chi connectivity index (χ2n) is 3.93. The van der Waals surface area contributed by atoms with Gasteiger partial charge < -0.3 is 14.4 Å². The van der Waals surface area contributed by atoms with Crippen molar-refractivity contribution >= 4 is 5.91 Å². The number of nitrogens with zero attached hydrogens (tertiary/aromatic N) is 1. The Morgan fingerprint density at radius 1 is 1.47 bits per heavy atom. The fourth-order valence-electron chi connectivity index (χ4n) is 1.36. The molecule has 0 radical (unpaired) electrons. The summed E-state index contributed by atoms with van der Waals surface area (Å²) in [6.45, 7) is 9.28. The van der Waals surface area contributed by atoms with Gasteiger partial charge in [-0.2, -0.15) is 0 Å². The highest BCUT2D eigenvalue weighted by Crippen LogP contribution is 2.20. The molecule has 86 valence electrons. The maximum absolute atomic E-state index is 11.9. The topological polar surface area (TPSA) is 38.8 Å². The first-order valence-electron chi connectivity index (χ1n) is 5.30. The van der Waals surface area contributed by atoms with E-state index in [9.17, 15) is 4.79 Å². The average Bonchev–Trinajstić information content (AvgIpc) is 2.19. The number of ether oxygens (including phenoxy) is 2.